The lowest BCUT2D eigenvalue weighted by Gasteiger charge is -2.13. The van der Waals surface area contributed by atoms with E-state index < -0.39 is 0 Å². The second-order valence-corrected chi connectivity index (χ2v) is 5.94. The van der Waals surface area contributed by atoms with Crippen LogP contribution in [0.5, 0.6) is 11.5 Å². The van der Waals surface area contributed by atoms with E-state index in [-0.39, 0.29) is 0 Å². The van der Waals surface area contributed by atoms with Crippen LogP contribution in [0.25, 0.3) is 0 Å². The molecule has 1 aromatic carbocycles. The van der Waals surface area contributed by atoms with E-state index in [1.165, 1.54) is 4.88 Å². The second kappa shape index (κ2) is 6.92. The Hall–Kier alpha value is -1.30. The molecule has 1 heterocycles. The number of thiazole rings is 1. The van der Waals surface area contributed by atoms with Crippen molar-refractivity contribution < 1.29 is 9.47 Å². The van der Waals surface area contributed by atoms with Gasteiger partial charge in [0.1, 0.15) is 5.01 Å². The Morgan fingerprint density at radius 3 is 2.65 bits per heavy atom. The summed E-state index contributed by atoms with van der Waals surface area (Å²) in [4.78, 5) is 5.52. The highest BCUT2D eigenvalue weighted by atomic mass is 35.5. The molecule has 1 N–H and O–H groups in total. The molecule has 2 aromatic rings. The molecule has 108 valence electrons. The molecule has 0 radical (unpaired) electrons. The Labute approximate surface area is 127 Å². The average molecular weight is 313 g/mol. The van der Waals surface area contributed by atoms with Crippen LogP contribution in [0, 0.1) is 6.92 Å². The van der Waals surface area contributed by atoms with Crippen LogP contribution in [0.4, 0.5) is 0 Å². The monoisotopic (exact) mass is 312 g/mol. The molecule has 0 atom stereocenters. The summed E-state index contributed by atoms with van der Waals surface area (Å²) in [6.07, 6.45) is 1.88. The maximum Gasteiger partial charge on any atom is 0.179 e. The molecule has 0 saturated heterocycles. The highest BCUT2D eigenvalue weighted by Crippen LogP contribution is 2.37. The molecular formula is C14H17ClN2O2S. The Morgan fingerprint density at radius 2 is 2.05 bits per heavy atom. The minimum atomic E-state index is 0.568. The summed E-state index contributed by atoms with van der Waals surface area (Å²) in [5, 5.41) is 4.98. The largest absolute Gasteiger partial charge is 0.493 e. The molecule has 20 heavy (non-hydrogen) atoms. The molecule has 0 aliphatic carbocycles. The van der Waals surface area contributed by atoms with Crippen LogP contribution >= 0.6 is 22.9 Å². The van der Waals surface area contributed by atoms with Gasteiger partial charge in [-0.3, -0.25) is 0 Å². The Kier molecular flexibility index (Phi) is 5.23. The van der Waals surface area contributed by atoms with Crippen LogP contribution in [0.15, 0.2) is 18.3 Å². The Balaban J connectivity index is 2.02. The van der Waals surface area contributed by atoms with Gasteiger partial charge in [-0.2, -0.15) is 0 Å². The lowest BCUT2D eigenvalue weighted by molar-refractivity contribution is 0.354. The fourth-order valence-electron chi connectivity index (χ4n) is 1.85. The molecule has 0 spiro atoms. The van der Waals surface area contributed by atoms with Crippen molar-refractivity contribution in [3.05, 3.63) is 38.8 Å². The first-order valence-corrected chi connectivity index (χ1v) is 7.36. The van der Waals surface area contributed by atoms with E-state index in [0.717, 1.165) is 17.1 Å². The first kappa shape index (κ1) is 15.1. The van der Waals surface area contributed by atoms with Gasteiger partial charge in [0.2, 0.25) is 0 Å². The zero-order valence-corrected chi connectivity index (χ0v) is 13.3. The van der Waals surface area contributed by atoms with E-state index in [4.69, 9.17) is 21.1 Å². The molecule has 0 bridgehead atoms. The van der Waals surface area contributed by atoms with Crippen LogP contribution in [-0.4, -0.2) is 19.2 Å². The first-order valence-electron chi connectivity index (χ1n) is 6.17. The third-order valence-corrected chi connectivity index (χ3v) is 4.15. The van der Waals surface area contributed by atoms with Crippen molar-refractivity contribution in [1.82, 2.24) is 10.3 Å². The van der Waals surface area contributed by atoms with Crippen molar-refractivity contribution in [3.8, 4) is 11.5 Å². The maximum atomic E-state index is 6.32. The predicted octanol–water partition coefficient (Wildman–Crippen LogP) is 3.41. The standard InChI is InChI=1S/C14H17ClN2O2S/c1-9-6-17-12(20-9)8-16-7-10-4-5-11(18-2)14(19-3)13(10)15/h4-6,16H,7-8H2,1-3H3. The summed E-state index contributed by atoms with van der Waals surface area (Å²) in [5.74, 6) is 1.20. The summed E-state index contributed by atoms with van der Waals surface area (Å²) < 4.78 is 10.5. The van der Waals surface area contributed by atoms with E-state index >= 15 is 0 Å². The number of benzene rings is 1. The minimum absolute atomic E-state index is 0.568. The van der Waals surface area contributed by atoms with Crippen molar-refractivity contribution in [2.45, 2.75) is 20.0 Å². The number of methoxy groups -OCH3 is 2. The lowest BCUT2D eigenvalue weighted by atomic mass is 10.2. The summed E-state index contributed by atoms with van der Waals surface area (Å²) in [5.41, 5.74) is 0.970. The number of hydrogen-bond donors (Lipinski definition) is 1. The first-order chi connectivity index (χ1) is 9.65. The van der Waals surface area contributed by atoms with Gasteiger partial charge in [0.25, 0.3) is 0 Å². The van der Waals surface area contributed by atoms with Crippen molar-refractivity contribution in [3.63, 3.8) is 0 Å². The summed E-state index contributed by atoms with van der Waals surface area (Å²) in [7, 11) is 3.18. The highest BCUT2D eigenvalue weighted by Gasteiger charge is 2.12. The van der Waals surface area contributed by atoms with E-state index in [9.17, 15) is 0 Å². The van der Waals surface area contributed by atoms with Gasteiger partial charge in [-0.15, -0.1) is 11.3 Å². The zero-order valence-electron chi connectivity index (χ0n) is 11.7. The molecule has 0 aliphatic rings. The average Bonchev–Trinajstić information content (AvgIpc) is 2.86. The topological polar surface area (TPSA) is 43.4 Å². The molecule has 0 aliphatic heterocycles. The molecule has 4 nitrogen and oxygen atoms in total. The van der Waals surface area contributed by atoms with Gasteiger partial charge < -0.3 is 14.8 Å². The van der Waals surface area contributed by atoms with Gasteiger partial charge in [-0.05, 0) is 18.6 Å². The number of halogens is 1. The van der Waals surface area contributed by atoms with Crippen LogP contribution in [0.3, 0.4) is 0 Å². The van der Waals surface area contributed by atoms with Gasteiger partial charge in [0, 0.05) is 24.2 Å². The van der Waals surface area contributed by atoms with Crippen molar-refractivity contribution in [1.29, 1.82) is 0 Å². The molecule has 0 amide bonds. The molecule has 1 aromatic heterocycles. The zero-order chi connectivity index (χ0) is 14.5. The van der Waals surface area contributed by atoms with Crippen molar-refractivity contribution in [2.24, 2.45) is 0 Å². The SMILES string of the molecule is COc1ccc(CNCc2ncc(C)s2)c(Cl)c1OC. The number of nitrogens with zero attached hydrogens (tertiary/aromatic N) is 1. The van der Waals surface area contributed by atoms with Crippen LogP contribution < -0.4 is 14.8 Å². The van der Waals surface area contributed by atoms with Gasteiger partial charge in [-0.25, -0.2) is 4.98 Å². The van der Waals surface area contributed by atoms with Crippen LogP contribution in [0.1, 0.15) is 15.4 Å². The summed E-state index contributed by atoms with van der Waals surface area (Å²) in [6.45, 7) is 3.42. The van der Waals surface area contributed by atoms with Crippen molar-refractivity contribution in [2.75, 3.05) is 14.2 Å². The number of nitrogens with one attached hydrogen (secondary N) is 1. The second-order valence-electron chi connectivity index (χ2n) is 4.24. The molecule has 0 saturated carbocycles. The number of hydrogen-bond acceptors (Lipinski definition) is 5. The predicted molar refractivity (Wildman–Crippen MR) is 82.0 cm³/mol. The Bertz CT molecular complexity index is 587. The molecule has 0 fully saturated rings. The molecule has 6 heteroatoms. The van der Waals surface area contributed by atoms with Crippen LogP contribution in [0.2, 0.25) is 5.02 Å². The number of aryl methyl sites for hydroxylation is 1. The quantitative estimate of drug-likeness (QED) is 0.887. The summed E-state index contributed by atoms with van der Waals surface area (Å²) in [6, 6.07) is 3.79. The van der Waals surface area contributed by atoms with E-state index in [0.29, 0.717) is 23.1 Å². The third kappa shape index (κ3) is 3.42. The van der Waals surface area contributed by atoms with Gasteiger partial charge >= 0.3 is 0 Å². The maximum absolute atomic E-state index is 6.32. The van der Waals surface area contributed by atoms with Crippen LogP contribution in [-0.2, 0) is 13.1 Å². The number of ether oxygens (including phenoxy) is 2. The Morgan fingerprint density at radius 1 is 1.25 bits per heavy atom. The van der Waals surface area contributed by atoms with E-state index in [2.05, 4.69) is 10.3 Å². The molecular weight excluding hydrogens is 296 g/mol. The van der Waals surface area contributed by atoms with E-state index in [1.807, 2.05) is 25.3 Å². The minimum Gasteiger partial charge on any atom is -0.493 e. The molecule has 0 unspecified atom stereocenters. The lowest BCUT2D eigenvalue weighted by Crippen LogP contribution is -2.13. The number of rotatable bonds is 6. The fraction of sp³-hybridized carbons (Fsp3) is 0.357. The normalized spacial score (nSPS) is 10.6. The van der Waals surface area contributed by atoms with Gasteiger partial charge in [0.05, 0.1) is 19.2 Å². The fourth-order valence-corrected chi connectivity index (χ4v) is 2.91. The van der Waals surface area contributed by atoms with Gasteiger partial charge in [-0.1, -0.05) is 17.7 Å². The van der Waals surface area contributed by atoms with E-state index in [1.54, 1.807) is 25.6 Å². The summed E-state index contributed by atoms with van der Waals surface area (Å²) >= 11 is 8.01. The molecule has 2 rings (SSSR count). The van der Waals surface area contributed by atoms with Crippen molar-refractivity contribution >= 4 is 22.9 Å². The van der Waals surface area contributed by atoms with Gasteiger partial charge in [0.15, 0.2) is 11.5 Å². The smallest absolute Gasteiger partial charge is 0.179 e. The third-order valence-electron chi connectivity index (χ3n) is 2.83. The highest BCUT2D eigenvalue weighted by molar-refractivity contribution is 7.11. The number of aromatic nitrogens is 1.